The summed E-state index contributed by atoms with van der Waals surface area (Å²) in [7, 11) is 0. The zero-order chi connectivity index (χ0) is 12.5. The van der Waals surface area contributed by atoms with Gasteiger partial charge in [-0.25, -0.2) is 4.79 Å². The molecule has 0 atom stereocenters. The summed E-state index contributed by atoms with van der Waals surface area (Å²) in [6.07, 6.45) is 1.50. The zero-order valence-corrected chi connectivity index (χ0v) is 11.0. The molecule has 94 valence electrons. The van der Waals surface area contributed by atoms with Crippen molar-refractivity contribution in [3.63, 3.8) is 0 Å². The van der Waals surface area contributed by atoms with E-state index in [0.717, 1.165) is 23.4 Å². The lowest BCUT2D eigenvalue weighted by molar-refractivity contribution is 0.241. The Morgan fingerprint density at radius 2 is 1.88 bits per heavy atom. The van der Waals surface area contributed by atoms with Crippen molar-refractivity contribution in [2.24, 2.45) is 0 Å². The maximum absolute atomic E-state index is 11.3. The van der Waals surface area contributed by atoms with Crippen LogP contribution in [0.15, 0.2) is 24.3 Å². The highest BCUT2D eigenvalue weighted by molar-refractivity contribution is 6.31. The van der Waals surface area contributed by atoms with Crippen LogP contribution in [0.1, 0.15) is 12.0 Å². The predicted molar refractivity (Wildman–Crippen MR) is 71.9 cm³/mol. The number of alkyl halides is 1. The molecule has 0 heterocycles. The van der Waals surface area contributed by atoms with E-state index in [9.17, 15) is 4.79 Å². The lowest BCUT2D eigenvalue weighted by atomic mass is 10.1. The van der Waals surface area contributed by atoms with Crippen LogP contribution in [-0.2, 0) is 6.42 Å². The highest BCUT2D eigenvalue weighted by Crippen LogP contribution is 2.14. The first-order valence-electron chi connectivity index (χ1n) is 5.55. The Balaban J connectivity index is 2.19. The first-order chi connectivity index (χ1) is 8.24. The SMILES string of the molecule is O=C(NCCCCl)NCCc1ccccc1Cl. The summed E-state index contributed by atoms with van der Waals surface area (Å²) in [5.41, 5.74) is 1.04. The van der Waals surface area contributed by atoms with Crippen molar-refractivity contribution in [1.82, 2.24) is 10.6 Å². The van der Waals surface area contributed by atoms with Gasteiger partial charge in [0.15, 0.2) is 0 Å². The first-order valence-corrected chi connectivity index (χ1v) is 6.46. The average molecular weight is 275 g/mol. The summed E-state index contributed by atoms with van der Waals surface area (Å²) in [5.74, 6) is 0.555. The molecule has 0 aromatic heterocycles. The fraction of sp³-hybridized carbons (Fsp3) is 0.417. The van der Waals surface area contributed by atoms with Crippen molar-refractivity contribution < 1.29 is 4.79 Å². The molecule has 17 heavy (non-hydrogen) atoms. The normalized spacial score (nSPS) is 10.0. The van der Waals surface area contributed by atoms with Gasteiger partial charge in [-0.15, -0.1) is 11.6 Å². The number of carbonyl (C=O) groups excluding carboxylic acids is 1. The molecule has 2 amide bonds. The van der Waals surface area contributed by atoms with Gasteiger partial charge in [0.2, 0.25) is 0 Å². The van der Waals surface area contributed by atoms with Gasteiger partial charge in [0.05, 0.1) is 0 Å². The number of hydrogen-bond acceptors (Lipinski definition) is 1. The van der Waals surface area contributed by atoms with Gasteiger partial charge in [-0.1, -0.05) is 29.8 Å². The highest BCUT2D eigenvalue weighted by atomic mass is 35.5. The molecule has 0 spiro atoms. The predicted octanol–water partition coefficient (Wildman–Crippen LogP) is 2.81. The zero-order valence-electron chi connectivity index (χ0n) is 9.51. The van der Waals surface area contributed by atoms with E-state index in [1.807, 2.05) is 24.3 Å². The maximum atomic E-state index is 11.3. The molecule has 1 rings (SSSR count). The first kappa shape index (κ1) is 14.1. The van der Waals surface area contributed by atoms with Gasteiger partial charge in [-0.3, -0.25) is 0 Å². The summed E-state index contributed by atoms with van der Waals surface area (Å²) in [5, 5.41) is 6.22. The van der Waals surface area contributed by atoms with Gasteiger partial charge in [-0.2, -0.15) is 0 Å². The number of rotatable bonds is 6. The summed E-state index contributed by atoms with van der Waals surface area (Å²) >= 11 is 11.5. The molecule has 0 aliphatic rings. The smallest absolute Gasteiger partial charge is 0.314 e. The van der Waals surface area contributed by atoms with Gasteiger partial charge in [0.1, 0.15) is 0 Å². The molecule has 1 aromatic carbocycles. The Bertz CT molecular complexity index is 358. The van der Waals surface area contributed by atoms with E-state index in [-0.39, 0.29) is 6.03 Å². The van der Waals surface area contributed by atoms with Gasteiger partial charge < -0.3 is 10.6 Å². The molecule has 0 unspecified atom stereocenters. The van der Waals surface area contributed by atoms with Crippen LogP contribution in [0.4, 0.5) is 4.79 Å². The fourth-order valence-electron chi connectivity index (χ4n) is 1.34. The molecule has 0 radical (unpaired) electrons. The van der Waals surface area contributed by atoms with Crippen molar-refractivity contribution in [1.29, 1.82) is 0 Å². The number of carbonyl (C=O) groups is 1. The number of amides is 2. The van der Waals surface area contributed by atoms with E-state index < -0.39 is 0 Å². The number of nitrogens with one attached hydrogen (secondary N) is 2. The van der Waals surface area contributed by atoms with Crippen molar-refractivity contribution in [2.75, 3.05) is 19.0 Å². The van der Waals surface area contributed by atoms with E-state index in [1.165, 1.54) is 0 Å². The number of halogens is 2. The summed E-state index contributed by atoms with van der Waals surface area (Å²) in [6, 6.07) is 7.45. The van der Waals surface area contributed by atoms with E-state index in [4.69, 9.17) is 23.2 Å². The second-order valence-electron chi connectivity index (χ2n) is 3.57. The van der Waals surface area contributed by atoms with Crippen LogP contribution in [-0.4, -0.2) is 25.0 Å². The minimum atomic E-state index is -0.165. The van der Waals surface area contributed by atoms with Crippen molar-refractivity contribution in [3.05, 3.63) is 34.9 Å². The van der Waals surface area contributed by atoms with E-state index in [0.29, 0.717) is 19.0 Å². The third-order valence-corrected chi connectivity index (χ3v) is 2.87. The highest BCUT2D eigenvalue weighted by Gasteiger charge is 2.01. The standard InChI is InChI=1S/C12H16Cl2N2O/c13-7-3-8-15-12(17)16-9-6-10-4-1-2-5-11(10)14/h1-2,4-5H,3,6-9H2,(H2,15,16,17). The quantitative estimate of drug-likeness (QED) is 0.608. The molecule has 0 saturated carbocycles. The monoisotopic (exact) mass is 274 g/mol. The number of benzene rings is 1. The fourth-order valence-corrected chi connectivity index (χ4v) is 1.71. The van der Waals surface area contributed by atoms with Crippen LogP contribution in [0.2, 0.25) is 5.02 Å². The summed E-state index contributed by atoms with van der Waals surface area (Å²) < 4.78 is 0. The Morgan fingerprint density at radius 3 is 2.59 bits per heavy atom. The molecule has 0 aliphatic carbocycles. The Hall–Kier alpha value is -0.930. The third-order valence-electron chi connectivity index (χ3n) is 2.23. The van der Waals surface area contributed by atoms with Gasteiger partial charge in [0, 0.05) is 24.0 Å². The second-order valence-corrected chi connectivity index (χ2v) is 4.35. The second kappa shape index (κ2) is 8.20. The van der Waals surface area contributed by atoms with Crippen molar-refractivity contribution in [3.8, 4) is 0 Å². The van der Waals surface area contributed by atoms with E-state index in [2.05, 4.69) is 10.6 Å². The van der Waals surface area contributed by atoms with E-state index >= 15 is 0 Å². The number of hydrogen-bond donors (Lipinski definition) is 2. The Kier molecular flexibility index (Phi) is 6.82. The molecule has 2 N–H and O–H groups in total. The molecule has 1 aromatic rings. The molecular weight excluding hydrogens is 259 g/mol. The lowest BCUT2D eigenvalue weighted by Gasteiger charge is -2.07. The lowest BCUT2D eigenvalue weighted by Crippen LogP contribution is -2.37. The molecule has 0 aliphatic heterocycles. The Labute approximate surface area is 111 Å². The van der Waals surface area contributed by atoms with E-state index in [1.54, 1.807) is 0 Å². The number of urea groups is 1. The van der Waals surface area contributed by atoms with Gasteiger partial charge in [0.25, 0.3) is 0 Å². The van der Waals surface area contributed by atoms with Crippen molar-refractivity contribution >= 4 is 29.2 Å². The average Bonchev–Trinajstić information content (AvgIpc) is 2.32. The van der Waals surface area contributed by atoms with Crippen LogP contribution in [0.5, 0.6) is 0 Å². The van der Waals surface area contributed by atoms with Gasteiger partial charge in [-0.05, 0) is 24.5 Å². The van der Waals surface area contributed by atoms with Crippen LogP contribution in [0, 0.1) is 0 Å². The van der Waals surface area contributed by atoms with Crippen LogP contribution >= 0.6 is 23.2 Å². The molecular formula is C12H16Cl2N2O. The molecule has 0 bridgehead atoms. The minimum Gasteiger partial charge on any atom is -0.338 e. The summed E-state index contributed by atoms with van der Waals surface area (Å²) in [4.78, 5) is 11.3. The van der Waals surface area contributed by atoms with Crippen LogP contribution in [0.25, 0.3) is 0 Å². The maximum Gasteiger partial charge on any atom is 0.314 e. The molecule has 5 heteroatoms. The third kappa shape index (κ3) is 5.80. The van der Waals surface area contributed by atoms with Crippen molar-refractivity contribution in [2.45, 2.75) is 12.8 Å². The summed E-state index contributed by atoms with van der Waals surface area (Å²) in [6.45, 7) is 1.16. The molecule has 0 fully saturated rings. The topological polar surface area (TPSA) is 41.1 Å². The Morgan fingerprint density at radius 1 is 1.18 bits per heavy atom. The molecule has 0 saturated heterocycles. The molecule has 3 nitrogen and oxygen atoms in total. The minimum absolute atomic E-state index is 0.165. The van der Waals surface area contributed by atoms with Gasteiger partial charge >= 0.3 is 6.03 Å². The van der Waals surface area contributed by atoms with Crippen LogP contribution < -0.4 is 10.6 Å². The van der Waals surface area contributed by atoms with Crippen LogP contribution in [0.3, 0.4) is 0 Å². The largest absolute Gasteiger partial charge is 0.338 e.